The lowest BCUT2D eigenvalue weighted by atomic mass is 9.90. The third-order valence-corrected chi connectivity index (χ3v) is 5.81. The molecule has 1 saturated carbocycles. The smallest absolute Gasteiger partial charge is 0.293 e. The molecule has 0 spiro atoms. The summed E-state index contributed by atoms with van der Waals surface area (Å²) in [6.07, 6.45) is 3.83. The molecule has 3 aromatic rings. The Bertz CT molecular complexity index is 1190. The second-order valence-corrected chi connectivity index (χ2v) is 8.33. The van der Waals surface area contributed by atoms with Crippen LogP contribution < -0.4 is 26.8 Å². The minimum atomic E-state index is -0.426. The molecule has 0 aliphatic heterocycles. The van der Waals surface area contributed by atoms with Crippen LogP contribution in [0.25, 0.3) is 10.9 Å². The van der Waals surface area contributed by atoms with Gasteiger partial charge in [0.15, 0.2) is 5.96 Å². The first-order valence-corrected chi connectivity index (χ1v) is 11.1. The van der Waals surface area contributed by atoms with Crippen molar-refractivity contribution in [2.24, 2.45) is 16.5 Å². The molecule has 0 radical (unpaired) electrons. The fourth-order valence-electron chi connectivity index (χ4n) is 3.97. The molecular formula is C23H28Cl3N7O2. The Balaban J connectivity index is 0.00000216. The molecule has 12 heteroatoms. The minimum Gasteiger partial charge on any atom is -0.497 e. The number of benzene rings is 2. The van der Waals surface area contributed by atoms with Gasteiger partial charge in [0.05, 0.1) is 24.7 Å². The van der Waals surface area contributed by atoms with Gasteiger partial charge in [-0.3, -0.25) is 4.79 Å². The number of rotatable bonds is 6. The van der Waals surface area contributed by atoms with Gasteiger partial charge in [0, 0.05) is 16.1 Å². The molecule has 2 aromatic carbocycles. The van der Waals surface area contributed by atoms with Crippen LogP contribution in [0, 0.1) is 0 Å². The number of hydrogen-bond donors (Lipinski definition) is 4. The average molecular weight is 541 g/mol. The molecule has 6 N–H and O–H groups in total. The number of carbonyl (C=O) groups is 1. The summed E-state index contributed by atoms with van der Waals surface area (Å²) in [5, 5.41) is 7.55. The van der Waals surface area contributed by atoms with Crippen molar-refractivity contribution in [3.63, 3.8) is 0 Å². The van der Waals surface area contributed by atoms with Crippen LogP contribution in [-0.2, 0) is 0 Å². The van der Waals surface area contributed by atoms with E-state index in [4.69, 9.17) is 27.8 Å². The van der Waals surface area contributed by atoms with Gasteiger partial charge < -0.3 is 26.8 Å². The molecule has 9 nitrogen and oxygen atoms in total. The van der Waals surface area contributed by atoms with Gasteiger partial charge in [-0.2, -0.15) is 0 Å². The summed E-state index contributed by atoms with van der Waals surface area (Å²) in [7, 11) is 1.58. The summed E-state index contributed by atoms with van der Waals surface area (Å²) in [6.45, 7) is 0. The van der Waals surface area contributed by atoms with Crippen molar-refractivity contribution >= 4 is 70.7 Å². The molecule has 1 aliphatic rings. The summed E-state index contributed by atoms with van der Waals surface area (Å²) in [5.74, 6) is 0.886. The van der Waals surface area contributed by atoms with Gasteiger partial charge in [-0.05, 0) is 55.3 Å². The molecule has 0 unspecified atom stereocenters. The SMILES string of the molecule is COc1ccc(NC(=O)c2nc(N[C@H]3CCCC[C@H]3N=C(N)N)c3cc(Cl)ccc3n2)cc1.Cl.Cl. The summed E-state index contributed by atoms with van der Waals surface area (Å²) >= 11 is 6.24. The second kappa shape index (κ2) is 12.6. The lowest BCUT2D eigenvalue weighted by Crippen LogP contribution is -2.38. The first-order valence-electron chi connectivity index (χ1n) is 10.7. The van der Waals surface area contributed by atoms with Crippen molar-refractivity contribution in [2.45, 2.75) is 37.8 Å². The zero-order valence-corrected chi connectivity index (χ0v) is 21.4. The molecule has 35 heavy (non-hydrogen) atoms. The monoisotopic (exact) mass is 539 g/mol. The maximum absolute atomic E-state index is 13.0. The molecule has 1 fully saturated rings. The molecule has 0 saturated heterocycles. The van der Waals surface area contributed by atoms with Crippen LogP contribution >= 0.6 is 36.4 Å². The van der Waals surface area contributed by atoms with Crippen LogP contribution in [0.5, 0.6) is 5.75 Å². The highest BCUT2D eigenvalue weighted by Crippen LogP contribution is 2.29. The summed E-state index contributed by atoms with van der Waals surface area (Å²) in [6, 6.07) is 12.2. The van der Waals surface area contributed by atoms with E-state index in [1.165, 1.54) is 0 Å². The summed E-state index contributed by atoms with van der Waals surface area (Å²) < 4.78 is 5.16. The van der Waals surface area contributed by atoms with Crippen molar-refractivity contribution in [1.29, 1.82) is 0 Å². The molecule has 1 amide bonds. The Morgan fingerprint density at radius 3 is 2.49 bits per heavy atom. The number of amides is 1. The zero-order chi connectivity index (χ0) is 23.4. The van der Waals surface area contributed by atoms with E-state index >= 15 is 0 Å². The number of hydrogen-bond acceptors (Lipinski definition) is 6. The van der Waals surface area contributed by atoms with Crippen LogP contribution in [0.2, 0.25) is 5.02 Å². The number of nitrogens with one attached hydrogen (secondary N) is 2. The number of fused-ring (bicyclic) bond motifs is 1. The van der Waals surface area contributed by atoms with Crippen LogP contribution in [0.1, 0.15) is 36.3 Å². The zero-order valence-electron chi connectivity index (χ0n) is 19.0. The molecule has 1 heterocycles. The number of aromatic nitrogens is 2. The highest BCUT2D eigenvalue weighted by Gasteiger charge is 2.26. The van der Waals surface area contributed by atoms with Crippen LogP contribution in [-0.4, -0.2) is 41.0 Å². The van der Waals surface area contributed by atoms with E-state index in [1.54, 1.807) is 49.6 Å². The van der Waals surface area contributed by atoms with Gasteiger partial charge in [0.1, 0.15) is 11.6 Å². The van der Waals surface area contributed by atoms with Crippen molar-refractivity contribution < 1.29 is 9.53 Å². The van der Waals surface area contributed by atoms with Crippen molar-refractivity contribution in [1.82, 2.24) is 9.97 Å². The fourth-order valence-corrected chi connectivity index (χ4v) is 4.15. The number of carbonyl (C=O) groups excluding carboxylic acids is 1. The van der Waals surface area contributed by atoms with Gasteiger partial charge in [-0.15, -0.1) is 24.8 Å². The quantitative estimate of drug-likeness (QED) is 0.268. The Kier molecular flexibility index (Phi) is 10.2. The Hall–Kier alpha value is -3.01. The lowest BCUT2D eigenvalue weighted by molar-refractivity contribution is 0.101. The molecule has 1 aliphatic carbocycles. The fraction of sp³-hybridized carbons (Fsp3) is 0.304. The van der Waals surface area contributed by atoms with Gasteiger partial charge in [-0.25, -0.2) is 15.0 Å². The molecule has 0 bridgehead atoms. The van der Waals surface area contributed by atoms with E-state index in [-0.39, 0.29) is 48.7 Å². The highest BCUT2D eigenvalue weighted by molar-refractivity contribution is 6.31. The van der Waals surface area contributed by atoms with E-state index in [0.29, 0.717) is 27.8 Å². The van der Waals surface area contributed by atoms with Crippen LogP contribution in [0.4, 0.5) is 11.5 Å². The maximum atomic E-state index is 13.0. The van der Waals surface area contributed by atoms with E-state index < -0.39 is 5.91 Å². The topological polar surface area (TPSA) is 141 Å². The molecule has 4 rings (SSSR count). The number of methoxy groups -OCH3 is 1. The second-order valence-electron chi connectivity index (χ2n) is 7.90. The number of halogens is 3. The first-order chi connectivity index (χ1) is 15.9. The Morgan fingerprint density at radius 2 is 1.80 bits per heavy atom. The van der Waals surface area contributed by atoms with Gasteiger partial charge in [0.25, 0.3) is 5.91 Å². The minimum absolute atomic E-state index is 0. The number of nitrogens with two attached hydrogens (primary N) is 2. The average Bonchev–Trinajstić information content (AvgIpc) is 2.80. The highest BCUT2D eigenvalue weighted by atomic mass is 35.5. The predicted octanol–water partition coefficient (Wildman–Crippen LogP) is 4.38. The molecule has 1 aromatic heterocycles. The van der Waals surface area contributed by atoms with E-state index in [9.17, 15) is 4.79 Å². The summed E-state index contributed by atoms with van der Waals surface area (Å²) in [4.78, 5) is 26.4. The predicted molar refractivity (Wildman–Crippen MR) is 145 cm³/mol. The van der Waals surface area contributed by atoms with Crippen LogP contribution in [0.3, 0.4) is 0 Å². The molecule has 188 valence electrons. The third-order valence-electron chi connectivity index (χ3n) is 5.58. The van der Waals surface area contributed by atoms with Gasteiger partial charge in [-0.1, -0.05) is 24.4 Å². The lowest BCUT2D eigenvalue weighted by Gasteiger charge is -2.30. The standard InChI is InChI=1S/C23H26ClN7O2.2ClH/c1-33-15-9-7-14(8-10-15)27-22(32)21-28-17-11-6-13(24)12-16(17)20(31-21)29-18-4-2-3-5-19(18)30-23(25)26;;/h6-12,18-19H,2-5H2,1H3,(H,27,32)(H4,25,26,30)(H,28,29,31);2*1H/t18-,19+;;/m0../s1. The molecule has 2 atom stereocenters. The van der Waals surface area contributed by atoms with Gasteiger partial charge in [0.2, 0.25) is 5.82 Å². The third kappa shape index (κ3) is 7.00. The van der Waals surface area contributed by atoms with Crippen molar-refractivity contribution in [3.05, 3.63) is 53.3 Å². The molecular weight excluding hydrogens is 513 g/mol. The van der Waals surface area contributed by atoms with E-state index in [1.807, 2.05) is 0 Å². The van der Waals surface area contributed by atoms with Crippen molar-refractivity contribution in [3.8, 4) is 5.75 Å². The van der Waals surface area contributed by atoms with Crippen molar-refractivity contribution in [2.75, 3.05) is 17.7 Å². The Labute approximate surface area is 220 Å². The largest absolute Gasteiger partial charge is 0.497 e. The number of nitrogens with zero attached hydrogens (tertiary/aromatic N) is 3. The normalized spacial score (nSPS) is 16.9. The maximum Gasteiger partial charge on any atom is 0.293 e. The number of anilines is 2. The van der Waals surface area contributed by atoms with E-state index in [0.717, 1.165) is 31.1 Å². The van der Waals surface area contributed by atoms with Crippen LogP contribution in [0.15, 0.2) is 47.5 Å². The van der Waals surface area contributed by atoms with Gasteiger partial charge >= 0.3 is 0 Å². The summed E-state index contributed by atoms with van der Waals surface area (Å²) in [5.41, 5.74) is 12.5. The number of ether oxygens (including phenoxy) is 1. The van der Waals surface area contributed by atoms with E-state index in [2.05, 4.69) is 25.6 Å². The number of guanidine groups is 1. The Morgan fingerprint density at radius 1 is 1.09 bits per heavy atom. The first kappa shape index (κ1) is 28.2. The number of aliphatic imine (C=N–C) groups is 1.